The van der Waals surface area contributed by atoms with Gasteiger partial charge in [0, 0.05) is 0 Å². The van der Waals surface area contributed by atoms with Gasteiger partial charge in [0.25, 0.3) is 0 Å². The summed E-state index contributed by atoms with van der Waals surface area (Å²) in [6, 6.07) is 0. The highest BCUT2D eigenvalue weighted by molar-refractivity contribution is 6.19. The topological polar surface area (TPSA) is 0 Å². The van der Waals surface area contributed by atoms with Crippen LogP contribution in [-0.2, 0) is 0 Å². The predicted octanol–water partition coefficient (Wildman–Crippen LogP) is 2.74. The monoisotopic (exact) mass is 130 g/mol. The second-order valence-corrected chi connectivity index (χ2v) is 1.93. The maximum Gasteiger partial charge on any atom is 0.0508 e. The van der Waals surface area contributed by atoms with Crippen LogP contribution in [0.25, 0.3) is 0 Å². The highest BCUT2D eigenvalue weighted by atomic mass is 35.5. The fraction of sp³-hybridized carbons (Fsp3) is 0.571. The Morgan fingerprint density at radius 1 is 1.75 bits per heavy atom. The van der Waals surface area contributed by atoms with Crippen molar-refractivity contribution in [1.29, 1.82) is 0 Å². The van der Waals surface area contributed by atoms with E-state index in [-0.39, 0.29) is 0 Å². The summed E-state index contributed by atoms with van der Waals surface area (Å²) in [6.07, 6.45) is 2.16. The molecule has 0 nitrogen and oxygen atoms in total. The normalized spacial score (nSPS) is 8.25. The molecule has 0 bridgehead atoms. The summed E-state index contributed by atoms with van der Waals surface area (Å²) in [7, 11) is 0. The Morgan fingerprint density at radius 3 is 2.50 bits per heavy atom. The number of hydrogen-bond donors (Lipinski definition) is 0. The average molecular weight is 131 g/mol. The minimum absolute atomic E-state index is 0.581. The van der Waals surface area contributed by atoms with Crippen LogP contribution in [0.3, 0.4) is 0 Å². The molecular formula is C7H11Cl. The molecule has 0 aromatic carbocycles. The second kappa shape index (κ2) is 4.96. The molecule has 0 saturated heterocycles. The molecule has 0 N–H and O–H groups in total. The molecule has 0 aliphatic rings. The summed E-state index contributed by atoms with van der Waals surface area (Å²) in [5.74, 6) is 0.581. The first-order valence-corrected chi connectivity index (χ1v) is 3.32. The molecule has 0 unspecified atom stereocenters. The fourth-order valence-electron chi connectivity index (χ4n) is 0.504. The van der Waals surface area contributed by atoms with E-state index < -0.39 is 0 Å². The van der Waals surface area contributed by atoms with Crippen molar-refractivity contribution in [2.24, 2.45) is 0 Å². The lowest BCUT2D eigenvalue weighted by atomic mass is 10.2. The van der Waals surface area contributed by atoms with Crippen LogP contribution in [0, 0.1) is 0 Å². The van der Waals surface area contributed by atoms with Gasteiger partial charge in [-0.05, 0) is 12.0 Å². The summed E-state index contributed by atoms with van der Waals surface area (Å²) in [4.78, 5) is 0. The molecular weight excluding hydrogens is 120 g/mol. The van der Waals surface area contributed by atoms with E-state index in [4.69, 9.17) is 11.6 Å². The molecule has 8 heavy (non-hydrogen) atoms. The van der Waals surface area contributed by atoms with Crippen LogP contribution in [0.5, 0.6) is 0 Å². The SMILES string of the molecule is C=C=C(CCl)CCC. The van der Waals surface area contributed by atoms with Crippen LogP contribution in [0.2, 0.25) is 0 Å². The van der Waals surface area contributed by atoms with Crippen molar-refractivity contribution >= 4 is 11.6 Å². The second-order valence-electron chi connectivity index (χ2n) is 1.66. The third-order valence-corrected chi connectivity index (χ3v) is 1.29. The van der Waals surface area contributed by atoms with Crippen LogP contribution >= 0.6 is 11.6 Å². The van der Waals surface area contributed by atoms with E-state index in [1.807, 2.05) is 0 Å². The van der Waals surface area contributed by atoms with E-state index >= 15 is 0 Å². The van der Waals surface area contributed by atoms with Gasteiger partial charge in [-0.25, -0.2) is 0 Å². The lowest BCUT2D eigenvalue weighted by Crippen LogP contribution is -1.79. The van der Waals surface area contributed by atoms with Crippen molar-refractivity contribution in [3.05, 3.63) is 17.9 Å². The van der Waals surface area contributed by atoms with Crippen molar-refractivity contribution in [3.63, 3.8) is 0 Å². The molecule has 0 radical (unpaired) electrons. The Labute approximate surface area is 55.9 Å². The maximum atomic E-state index is 5.51. The van der Waals surface area contributed by atoms with Gasteiger partial charge in [-0.3, -0.25) is 0 Å². The molecule has 0 aromatic heterocycles. The van der Waals surface area contributed by atoms with Crippen molar-refractivity contribution in [2.45, 2.75) is 19.8 Å². The highest BCUT2D eigenvalue weighted by Crippen LogP contribution is 2.03. The van der Waals surface area contributed by atoms with E-state index in [0.717, 1.165) is 18.4 Å². The Hall–Kier alpha value is -0.190. The minimum atomic E-state index is 0.581. The van der Waals surface area contributed by atoms with E-state index in [9.17, 15) is 0 Å². The number of rotatable bonds is 3. The number of hydrogen-bond acceptors (Lipinski definition) is 0. The van der Waals surface area contributed by atoms with Crippen molar-refractivity contribution < 1.29 is 0 Å². The van der Waals surface area contributed by atoms with Crippen LogP contribution in [-0.4, -0.2) is 5.88 Å². The molecule has 46 valence electrons. The van der Waals surface area contributed by atoms with Gasteiger partial charge in [0.05, 0.1) is 5.88 Å². The molecule has 0 heterocycles. The maximum absolute atomic E-state index is 5.51. The summed E-state index contributed by atoms with van der Waals surface area (Å²) in [5.41, 5.74) is 3.91. The van der Waals surface area contributed by atoms with Crippen LogP contribution in [0.1, 0.15) is 19.8 Å². The number of alkyl halides is 1. The molecule has 0 aromatic rings. The zero-order valence-corrected chi connectivity index (χ0v) is 5.96. The predicted molar refractivity (Wildman–Crippen MR) is 38.3 cm³/mol. The zero-order valence-electron chi connectivity index (χ0n) is 5.21. The van der Waals surface area contributed by atoms with Crippen molar-refractivity contribution in [3.8, 4) is 0 Å². The standard InChI is InChI=1S/C7H11Cl/c1-3-5-7(4-2)6-8/h2-3,5-6H2,1H3. The number of halogens is 1. The minimum Gasteiger partial charge on any atom is -0.128 e. The third kappa shape index (κ3) is 2.90. The van der Waals surface area contributed by atoms with Gasteiger partial charge >= 0.3 is 0 Å². The van der Waals surface area contributed by atoms with E-state index in [1.54, 1.807) is 0 Å². The van der Waals surface area contributed by atoms with Gasteiger partial charge in [-0.1, -0.05) is 19.9 Å². The van der Waals surface area contributed by atoms with Crippen LogP contribution < -0.4 is 0 Å². The first-order valence-electron chi connectivity index (χ1n) is 2.79. The van der Waals surface area contributed by atoms with E-state index in [2.05, 4.69) is 19.2 Å². The molecule has 0 rings (SSSR count). The Bertz CT molecular complexity index is 99.0. The molecule has 0 aliphatic heterocycles. The summed E-state index contributed by atoms with van der Waals surface area (Å²) in [5, 5.41) is 0. The summed E-state index contributed by atoms with van der Waals surface area (Å²) >= 11 is 5.51. The van der Waals surface area contributed by atoms with Crippen LogP contribution in [0.15, 0.2) is 17.9 Å². The molecule has 1 heteroatoms. The molecule has 0 atom stereocenters. The molecule has 0 aliphatic carbocycles. The molecule has 0 saturated carbocycles. The van der Waals surface area contributed by atoms with E-state index in [0.29, 0.717) is 5.88 Å². The van der Waals surface area contributed by atoms with Gasteiger partial charge in [0.1, 0.15) is 0 Å². The summed E-state index contributed by atoms with van der Waals surface area (Å²) in [6.45, 7) is 5.62. The molecule has 0 fully saturated rings. The Kier molecular flexibility index (Phi) is 4.84. The quantitative estimate of drug-likeness (QED) is 0.407. The Morgan fingerprint density at radius 2 is 2.38 bits per heavy atom. The smallest absolute Gasteiger partial charge is 0.0508 e. The van der Waals surface area contributed by atoms with Crippen LogP contribution in [0.4, 0.5) is 0 Å². The highest BCUT2D eigenvalue weighted by Gasteiger charge is 1.88. The molecule has 0 amide bonds. The zero-order chi connectivity index (χ0) is 6.41. The third-order valence-electron chi connectivity index (χ3n) is 0.963. The van der Waals surface area contributed by atoms with Gasteiger partial charge in [0.15, 0.2) is 0 Å². The summed E-state index contributed by atoms with van der Waals surface area (Å²) < 4.78 is 0. The van der Waals surface area contributed by atoms with Crippen molar-refractivity contribution in [2.75, 3.05) is 5.88 Å². The van der Waals surface area contributed by atoms with Gasteiger partial charge in [-0.2, -0.15) is 0 Å². The first-order chi connectivity index (χ1) is 3.85. The largest absolute Gasteiger partial charge is 0.128 e. The number of allylic oxidation sites excluding steroid dienone is 1. The van der Waals surface area contributed by atoms with E-state index in [1.165, 1.54) is 0 Å². The average Bonchev–Trinajstić information content (AvgIpc) is 1.83. The van der Waals surface area contributed by atoms with Gasteiger partial charge in [-0.15, -0.1) is 17.3 Å². The lowest BCUT2D eigenvalue weighted by molar-refractivity contribution is 0.910. The lowest BCUT2D eigenvalue weighted by Gasteiger charge is -1.92. The first kappa shape index (κ1) is 7.81. The van der Waals surface area contributed by atoms with Gasteiger partial charge in [0.2, 0.25) is 0 Å². The van der Waals surface area contributed by atoms with Gasteiger partial charge < -0.3 is 0 Å². The Balaban J connectivity index is 3.55. The molecule has 0 spiro atoms. The fourth-order valence-corrected chi connectivity index (χ4v) is 0.732. The van der Waals surface area contributed by atoms with Crippen molar-refractivity contribution in [1.82, 2.24) is 0 Å².